The second kappa shape index (κ2) is 5.81. The number of phenols is 1. The van der Waals surface area contributed by atoms with Gasteiger partial charge in [-0.25, -0.2) is 0 Å². The van der Waals surface area contributed by atoms with E-state index in [0.717, 1.165) is 24.8 Å². The molecule has 4 rings (SSSR count). The van der Waals surface area contributed by atoms with Crippen LogP contribution in [0.15, 0.2) is 30.3 Å². The number of rotatable bonds is 1. The van der Waals surface area contributed by atoms with Crippen molar-refractivity contribution in [2.45, 2.75) is 44.1 Å². The van der Waals surface area contributed by atoms with Crippen LogP contribution in [0, 0.1) is 5.92 Å². The molecule has 1 aliphatic carbocycles. The molecule has 0 radical (unpaired) electrons. The zero-order valence-corrected chi connectivity index (χ0v) is 14.2. The van der Waals surface area contributed by atoms with E-state index in [2.05, 4.69) is 22.4 Å². The number of nitrogens with zero attached hydrogens (tertiary/aromatic N) is 2. The Hall–Kier alpha value is -2.47. The van der Waals surface area contributed by atoms with Crippen LogP contribution >= 0.6 is 0 Å². The van der Waals surface area contributed by atoms with Gasteiger partial charge < -0.3 is 16.2 Å². The summed E-state index contributed by atoms with van der Waals surface area (Å²) in [4.78, 5) is 12.8. The Kier molecular flexibility index (Phi) is 3.72. The van der Waals surface area contributed by atoms with E-state index < -0.39 is 5.41 Å². The van der Waals surface area contributed by atoms with Crippen molar-refractivity contribution in [3.8, 4) is 17.0 Å². The summed E-state index contributed by atoms with van der Waals surface area (Å²) in [7, 11) is 0. The van der Waals surface area contributed by atoms with Crippen molar-refractivity contribution in [3.63, 3.8) is 0 Å². The number of para-hydroxylation sites is 1. The first-order valence-electron chi connectivity index (χ1n) is 8.75. The third-order valence-electron chi connectivity index (χ3n) is 5.82. The zero-order valence-electron chi connectivity index (χ0n) is 14.2. The molecule has 1 aromatic heterocycles. The minimum Gasteiger partial charge on any atom is -0.507 e. The Morgan fingerprint density at radius 2 is 2.00 bits per heavy atom. The summed E-state index contributed by atoms with van der Waals surface area (Å²) in [5.74, 6) is 1.07. The van der Waals surface area contributed by atoms with Crippen LogP contribution < -0.4 is 11.1 Å². The fourth-order valence-electron chi connectivity index (χ4n) is 4.03. The van der Waals surface area contributed by atoms with Crippen molar-refractivity contribution in [3.05, 3.63) is 35.9 Å². The van der Waals surface area contributed by atoms with E-state index in [-0.39, 0.29) is 17.7 Å². The number of aromatic hydroxyl groups is 1. The van der Waals surface area contributed by atoms with Gasteiger partial charge in [-0.05, 0) is 49.8 Å². The van der Waals surface area contributed by atoms with Gasteiger partial charge in [0.2, 0.25) is 5.91 Å². The Labute approximate surface area is 146 Å². The van der Waals surface area contributed by atoms with Crippen LogP contribution in [0.2, 0.25) is 0 Å². The molecule has 0 bridgehead atoms. The lowest BCUT2D eigenvalue weighted by Gasteiger charge is -2.25. The lowest BCUT2D eigenvalue weighted by Crippen LogP contribution is -2.34. The van der Waals surface area contributed by atoms with Gasteiger partial charge in [0.25, 0.3) is 0 Å². The second-order valence-electron chi connectivity index (χ2n) is 7.26. The number of phenolic OH excluding ortho intramolecular Hbond substituents is 1. The summed E-state index contributed by atoms with van der Waals surface area (Å²) in [5.41, 5.74) is 7.73. The standard InChI is InChI=1S/C19H22N4O2/c1-11-6-8-19(9-7-14(11)20)13-10-15(12-4-2-3-5-16(12)24)22-23-17(13)21-18(19)25/h2-5,10-11,14,24H,6-9,20H2,1H3,(H,21,23,25)/t11?,14-,19?/m0/s1. The van der Waals surface area contributed by atoms with Gasteiger partial charge in [-0.3, -0.25) is 4.79 Å². The summed E-state index contributed by atoms with van der Waals surface area (Å²) in [5, 5.41) is 21.4. The molecule has 1 spiro atoms. The monoisotopic (exact) mass is 338 g/mol. The quantitative estimate of drug-likeness (QED) is 0.742. The molecule has 0 saturated heterocycles. The molecule has 1 aromatic carbocycles. The van der Waals surface area contributed by atoms with Crippen LogP contribution in [0.4, 0.5) is 5.82 Å². The topological polar surface area (TPSA) is 101 Å². The third-order valence-corrected chi connectivity index (χ3v) is 5.82. The fraction of sp³-hybridized carbons (Fsp3) is 0.421. The van der Waals surface area contributed by atoms with Crippen LogP contribution in [-0.2, 0) is 10.2 Å². The number of aromatic nitrogens is 2. The van der Waals surface area contributed by atoms with Crippen molar-refractivity contribution in [1.29, 1.82) is 0 Å². The van der Waals surface area contributed by atoms with Crippen molar-refractivity contribution >= 4 is 11.7 Å². The Morgan fingerprint density at radius 1 is 1.24 bits per heavy atom. The molecule has 130 valence electrons. The van der Waals surface area contributed by atoms with Crippen LogP contribution in [0.5, 0.6) is 5.75 Å². The first-order chi connectivity index (χ1) is 12.0. The molecule has 1 fully saturated rings. The summed E-state index contributed by atoms with van der Waals surface area (Å²) in [6.07, 6.45) is 3.18. The molecule has 6 nitrogen and oxygen atoms in total. The lowest BCUT2D eigenvalue weighted by atomic mass is 9.75. The minimum atomic E-state index is -0.590. The maximum absolute atomic E-state index is 12.8. The molecule has 25 heavy (non-hydrogen) atoms. The summed E-state index contributed by atoms with van der Waals surface area (Å²) in [6.45, 7) is 2.15. The maximum Gasteiger partial charge on any atom is 0.236 e. The van der Waals surface area contributed by atoms with Gasteiger partial charge in [-0.15, -0.1) is 10.2 Å². The Bertz CT molecular complexity index is 824. The highest BCUT2D eigenvalue weighted by atomic mass is 16.3. The van der Waals surface area contributed by atoms with E-state index >= 15 is 0 Å². The summed E-state index contributed by atoms with van der Waals surface area (Å²) < 4.78 is 0. The largest absolute Gasteiger partial charge is 0.507 e. The molecule has 3 atom stereocenters. The van der Waals surface area contributed by atoms with E-state index in [4.69, 9.17) is 5.73 Å². The van der Waals surface area contributed by atoms with Gasteiger partial charge in [0.15, 0.2) is 5.82 Å². The average molecular weight is 338 g/mol. The van der Waals surface area contributed by atoms with Crippen LogP contribution in [-0.4, -0.2) is 27.3 Å². The number of nitrogens with two attached hydrogens (primary N) is 1. The number of benzene rings is 1. The van der Waals surface area contributed by atoms with Crippen molar-refractivity contribution in [2.75, 3.05) is 5.32 Å². The molecule has 1 saturated carbocycles. The summed E-state index contributed by atoms with van der Waals surface area (Å²) in [6, 6.07) is 9.04. The second-order valence-corrected chi connectivity index (χ2v) is 7.26. The number of carbonyl (C=O) groups is 1. The van der Waals surface area contributed by atoms with Crippen molar-refractivity contribution in [1.82, 2.24) is 10.2 Å². The normalized spacial score (nSPS) is 28.5. The van der Waals surface area contributed by atoms with E-state index in [1.165, 1.54) is 0 Å². The van der Waals surface area contributed by atoms with E-state index in [9.17, 15) is 9.90 Å². The number of hydrogen-bond acceptors (Lipinski definition) is 5. The van der Waals surface area contributed by atoms with Gasteiger partial charge in [0.05, 0.1) is 11.1 Å². The van der Waals surface area contributed by atoms with Crippen LogP contribution in [0.25, 0.3) is 11.3 Å². The molecular weight excluding hydrogens is 316 g/mol. The Morgan fingerprint density at radius 3 is 2.80 bits per heavy atom. The highest BCUT2D eigenvalue weighted by molar-refractivity contribution is 6.05. The van der Waals surface area contributed by atoms with Crippen molar-refractivity contribution in [2.24, 2.45) is 11.7 Å². The summed E-state index contributed by atoms with van der Waals surface area (Å²) >= 11 is 0. The van der Waals surface area contributed by atoms with Gasteiger partial charge >= 0.3 is 0 Å². The van der Waals surface area contributed by atoms with Gasteiger partial charge in [-0.1, -0.05) is 19.1 Å². The number of fused-ring (bicyclic) bond motifs is 2. The molecule has 4 N–H and O–H groups in total. The molecule has 2 aromatic rings. The van der Waals surface area contributed by atoms with E-state index in [1.807, 2.05) is 12.1 Å². The zero-order chi connectivity index (χ0) is 17.6. The number of anilines is 1. The molecule has 2 aliphatic rings. The number of carbonyl (C=O) groups excluding carboxylic acids is 1. The third kappa shape index (κ3) is 2.48. The van der Waals surface area contributed by atoms with Crippen LogP contribution in [0.1, 0.15) is 38.2 Å². The smallest absolute Gasteiger partial charge is 0.236 e. The average Bonchev–Trinajstić information content (AvgIpc) is 2.79. The predicted octanol–water partition coefficient (Wildman–Crippen LogP) is 2.58. The minimum absolute atomic E-state index is 0.00691. The number of nitrogens with one attached hydrogen (secondary N) is 1. The Balaban J connectivity index is 1.80. The highest BCUT2D eigenvalue weighted by Crippen LogP contribution is 2.47. The van der Waals surface area contributed by atoms with E-state index in [0.29, 0.717) is 29.4 Å². The number of amides is 1. The highest BCUT2D eigenvalue weighted by Gasteiger charge is 2.49. The van der Waals surface area contributed by atoms with Crippen LogP contribution in [0.3, 0.4) is 0 Å². The molecule has 1 amide bonds. The molecule has 2 heterocycles. The lowest BCUT2D eigenvalue weighted by molar-refractivity contribution is -0.121. The van der Waals surface area contributed by atoms with Crippen molar-refractivity contribution < 1.29 is 9.90 Å². The molecule has 2 unspecified atom stereocenters. The maximum atomic E-state index is 12.8. The fourth-order valence-corrected chi connectivity index (χ4v) is 4.03. The van der Waals surface area contributed by atoms with Gasteiger partial charge in [0, 0.05) is 17.2 Å². The molecule has 1 aliphatic heterocycles. The first-order valence-corrected chi connectivity index (χ1v) is 8.75. The van der Waals surface area contributed by atoms with E-state index in [1.54, 1.807) is 18.2 Å². The molecule has 6 heteroatoms. The number of hydrogen-bond donors (Lipinski definition) is 3. The van der Waals surface area contributed by atoms with Gasteiger partial charge in [-0.2, -0.15) is 0 Å². The molecular formula is C19H22N4O2. The first kappa shape index (κ1) is 16.0. The predicted molar refractivity (Wildman–Crippen MR) is 95.0 cm³/mol. The van der Waals surface area contributed by atoms with Gasteiger partial charge in [0.1, 0.15) is 5.75 Å². The SMILES string of the molecule is CC1CCC2(CC[C@@H]1N)C(=O)Nc1nnc(-c3ccccc3O)cc12.